The molecule has 5 nitrogen and oxygen atoms in total. The molecule has 0 aliphatic carbocycles. The molecule has 116 valence electrons. The molecule has 0 aromatic heterocycles. The van der Waals surface area contributed by atoms with Gasteiger partial charge >= 0.3 is 131 Å². The van der Waals surface area contributed by atoms with Gasteiger partial charge in [-0.2, -0.15) is 0 Å². The molecule has 0 spiro atoms. The van der Waals surface area contributed by atoms with E-state index in [9.17, 15) is 14.7 Å². The average Bonchev–Trinajstić information content (AvgIpc) is 2.34. The SMILES string of the molecule is C[C@H]([Se]c1ccccc1)[C@@H](NC(=O)OC(C)(C)C)C(=O)O. The number of carboxylic acid groups (broad SMARTS) is 1. The molecule has 1 aromatic rings. The number of alkyl carbamates (subject to hydrolysis) is 1. The van der Waals surface area contributed by atoms with Crippen LogP contribution in [0.25, 0.3) is 0 Å². The van der Waals surface area contributed by atoms with Gasteiger partial charge in [0.2, 0.25) is 0 Å². The summed E-state index contributed by atoms with van der Waals surface area (Å²) in [5.74, 6) is -1.05. The summed E-state index contributed by atoms with van der Waals surface area (Å²) in [6.45, 7) is 7.03. The fraction of sp³-hybridized carbons (Fsp3) is 0.467. The van der Waals surface area contributed by atoms with Gasteiger partial charge < -0.3 is 0 Å². The van der Waals surface area contributed by atoms with Crippen LogP contribution < -0.4 is 9.78 Å². The first-order chi connectivity index (χ1) is 9.69. The van der Waals surface area contributed by atoms with Gasteiger partial charge in [-0.05, 0) is 0 Å². The summed E-state index contributed by atoms with van der Waals surface area (Å²) in [7, 11) is 0. The zero-order valence-electron chi connectivity index (χ0n) is 12.6. The van der Waals surface area contributed by atoms with Crippen molar-refractivity contribution in [2.45, 2.75) is 44.2 Å². The van der Waals surface area contributed by atoms with E-state index < -0.39 is 23.7 Å². The number of rotatable bonds is 5. The summed E-state index contributed by atoms with van der Waals surface area (Å²) in [6.07, 6.45) is -0.703. The Morgan fingerprint density at radius 3 is 2.29 bits per heavy atom. The van der Waals surface area contributed by atoms with Crippen LogP contribution in [0, 0.1) is 0 Å². The molecule has 0 fully saturated rings. The van der Waals surface area contributed by atoms with Crippen molar-refractivity contribution in [2.75, 3.05) is 0 Å². The van der Waals surface area contributed by atoms with Crippen LogP contribution in [-0.4, -0.2) is 43.8 Å². The second kappa shape index (κ2) is 7.48. The molecule has 1 amide bonds. The number of benzene rings is 1. The molecular weight excluding hydrogens is 337 g/mol. The van der Waals surface area contributed by atoms with E-state index >= 15 is 0 Å². The number of hydrogen-bond acceptors (Lipinski definition) is 3. The number of nitrogens with one attached hydrogen (secondary N) is 1. The van der Waals surface area contributed by atoms with Crippen LogP contribution in [0.2, 0.25) is 4.82 Å². The number of amides is 1. The molecule has 6 heteroatoms. The van der Waals surface area contributed by atoms with Gasteiger partial charge in [0.05, 0.1) is 0 Å². The first-order valence-electron chi connectivity index (χ1n) is 6.63. The zero-order chi connectivity index (χ0) is 16.0. The third-order valence-corrected chi connectivity index (χ3v) is 4.97. The molecule has 2 N–H and O–H groups in total. The van der Waals surface area contributed by atoms with Crippen LogP contribution in [0.4, 0.5) is 4.79 Å². The molecule has 0 unspecified atom stereocenters. The molecule has 0 bridgehead atoms. The Morgan fingerprint density at radius 1 is 1.24 bits per heavy atom. The molecule has 2 atom stereocenters. The van der Waals surface area contributed by atoms with Crippen LogP contribution in [0.15, 0.2) is 30.3 Å². The second-order valence-electron chi connectivity index (χ2n) is 5.60. The van der Waals surface area contributed by atoms with E-state index in [1.54, 1.807) is 20.8 Å². The maximum absolute atomic E-state index is 11.7. The number of carboxylic acids is 1. The predicted octanol–water partition coefficient (Wildman–Crippen LogP) is 1.80. The number of carbonyl (C=O) groups excluding carboxylic acids is 1. The van der Waals surface area contributed by atoms with Gasteiger partial charge in [-0.1, -0.05) is 0 Å². The van der Waals surface area contributed by atoms with E-state index in [1.165, 1.54) is 0 Å². The summed E-state index contributed by atoms with van der Waals surface area (Å²) in [4.78, 5) is 22.9. The van der Waals surface area contributed by atoms with Gasteiger partial charge in [0, 0.05) is 0 Å². The van der Waals surface area contributed by atoms with Gasteiger partial charge in [0.15, 0.2) is 0 Å². The Morgan fingerprint density at radius 2 is 1.81 bits per heavy atom. The fourth-order valence-electron chi connectivity index (χ4n) is 1.60. The van der Waals surface area contributed by atoms with E-state index in [2.05, 4.69) is 5.32 Å². The fourth-order valence-corrected chi connectivity index (χ4v) is 3.83. The summed E-state index contributed by atoms with van der Waals surface area (Å²) in [5, 5.41) is 11.8. The molecule has 0 aliphatic rings. The Kier molecular flexibility index (Phi) is 6.24. The Hall–Kier alpha value is -1.52. The molecule has 0 aliphatic heterocycles. The number of aliphatic carboxylic acids is 1. The molecule has 0 radical (unpaired) electrons. The van der Waals surface area contributed by atoms with Crippen molar-refractivity contribution in [1.29, 1.82) is 0 Å². The molecule has 0 heterocycles. The third-order valence-electron chi connectivity index (χ3n) is 2.47. The Balaban J connectivity index is 2.68. The second-order valence-corrected chi connectivity index (χ2v) is 8.64. The third kappa shape index (κ3) is 6.65. The number of hydrogen-bond donors (Lipinski definition) is 2. The predicted molar refractivity (Wildman–Crippen MR) is 82.0 cm³/mol. The summed E-state index contributed by atoms with van der Waals surface area (Å²) < 4.78 is 6.20. The summed E-state index contributed by atoms with van der Waals surface area (Å²) >= 11 is -0.0562. The topological polar surface area (TPSA) is 75.6 Å². The molecule has 1 aromatic carbocycles. The molecule has 1 rings (SSSR count). The van der Waals surface area contributed by atoms with Crippen LogP contribution in [-0.2, 0) is 9.53 Å². The van der Waals surface area contributed by atoms with Crippen LogP contribution in [0.5, 0.6) is 0 Å². The molecule has 0 saturated carbocycles. The zero-order valence-corrected chi connectivity index (χ0v) is 14.3. The molecule has 0 saturated heterocycles. The van der Waals surface area contributed by atoms with Crippen LogP contribution >= 0.6 is 0 Å². The Labute approximate surface area is 131 Å². The summed E-state index contributed by atoms with van der Waals surface area (Å²) in [5.41, 5.74) is -0.652. The van der Waals surface area contributed by atoms with Crippen LogP contribution in [0.3, 0.4) is 0 Å². The summed E-state index contributed by atoms with van der Waals surface area (Å²) in [6, 6.07) is 8.71. The van der Waals surface area contributed by atoms with Gasteiger partial charge in [-0.3, -0.25) is 0 Å². The quantitative estimate of drug-likeness (QED) is 0.787. The van der Waals surface area contributed by atoms with E-state index in [-0.39, 0.29) is 19.8 Å². The van der Waals surface area contributed by atoms with Gasteiger partial charge in [0.25, 0.3) is 0 Å². The van der Waals surface area contributed by atoms with Crippen molar-refractivity contribution in [2.24, 2.45) is 0 Å². The maximum atomic E-state index is 11.7. The van der Waals surface area contributed by atoms with E-state index in [1.807, 2.05) is 37.3 Å². The van der Waals surface area contributed by atoms with E-state index in [0.29, 0.717) is 0 Å². The monoisotopic (exact) mass is 359 g/mol. The minimum absolute atomic E-state index is 0.0562. The normalized spacial score (nSPS) is 14.1. The average molecular weight is 358 g/mol. The number of ether oxygens (including phenoxy) is 1. The van der Waals surface area contributed by atoms with Crippen molar-refractivity contribution >= 4 is 31.5 Å². The van der Waals surface area contributed by atoms with Gasteiger partial charge in [-0.15, -0.1) is 0 Å². The van der Waals surface area contributed by atoms with Crippen molar-refractivity contribution in [3.05, 3.63) is 30.3 Å². The molecular formula is C15H21NO4Se. The van der Waals surface area contributed by atoms with Gasteiger partial charge in [-0.25, -0.2) is 0 Å². The van der Waals surface area contributed by atoms with Crippen molar-refractivity contribution in [3.63, 3.8) is 0 Å². The van der Waals surface area contributed by atoms with E-state index in [0.717, 1.165) is 4.46 Å². The Bertz CT molecular complexity index is 484. The standard InChI is InChI=1S/C15H21NO4Se/c1-10(21-11-8-6-5-7-9-11)12(13(17)18)16-14(19)20-15(2,3)4/h5-10,12H,1-4H3,(H,16,19)(H,17,18)/t10-,12+/m0/s1. The van der Waals surface area contributed by atoms with E-state index in [4.69, 9.17) is 4.74 Å². The van der Waals surface area contributed by atoms with Gasteiger partial charge in [0.1, 0.15) is 0 Å². The van der Waals surface area contributed by atoms with Crippen LogP contribution in [0.1, 0.15) is 27.7 Å². The van der Waals surface area contributed by atoms with Crippen molar-refractivity contribution < 1.29 is 19.4 Å². The minimum atomic E-state index is -1.05. The van der Waals surface area contributed by atoms with Crippen molar-refractivity contribution in [3.8, 4) is 0 Å². The first-order valence-corrected chi connectivity index (χ1v) is 8.47. The first kappa shape index (κ1) is 17.5. The number of carbonyl (C=O) groups is 2. The van der Waals surface area contributed by atoms with Crippen molar-refractivity contribution in [1.82, 2.24) is 5.32 Å². The molecule has 21 heavy (non-hydrogen) atoms.